The number of pyridine rings is 1. The van der Waals surface area contributed by atoms with E-state index >= 15 is 0 Å². The van der Waals surface area contributed by atoms with Gasteiger partial charge in [0, 0.05) is 27.1 Å². The molecule has 0 aliphatic carbocycles. The predicted octanol–water partition coefficient (Wildman–Crippen LogP) is 5.44. The lowest BCUT2D eigenvalue weighted by molar-refractivity contribution is 0.497. The van der Waals surface area contributed by atoms with Crippen molar-refractivity contribution in [2.75, 3.05) is 6.26 Å². The topological polar surface area (TPSA) is 52.5 Å². The summed E-state index contributed by atoms with van der Waals surface area (Å²) in [6.07, 6.45) is 4.91. The van der Waals surface area contributed by atoms with E-state index in [1.165, 1.54) is 11.8 Å². The average molecular weight is 414 g/mol. The van der Waals surface area contributed by atoms with Gasteiger partial charge in [-0.15, -0.1) is 11.8 Å². The van der Waals surface area contributed by atoms with E-state index in [-0.39, 0.29) is 10.4 Å². The molecule has 118 valence electrons. The molecule has 0 unspecified atom stereocenters. The molecule has 2 aromatic heterocycles. The van der Waals surface area contributed by atoms with Gasteiger partial charge in [0.2, 0.25) is 0 Å². The van der Waals surface area contributed by atoms with Crippen LogP contribution in [0.15, 0.2) is 44.9 Å². The molecule has 0 radical (unpaired) electrons. The molecule has 0 fully saturated rings. The zero-order chi connectivity index (χ0) is 16.6. The Hall–Kier alpha value is -1.38. The Kier molecular flexibility index (Phi) is 4.74. The molecular weight excluding hydrogens is 404 g/mol. The third kappa shape index (κ3) is 3.02. The minimum absolute atomic E-state index is 0.137. The van der Waals surface area contributed by atoms with E-state index in [0.717, 1.165) is 11.8 Å². The fraction of sp³-hybridized carbons (Fsp3) is 0.0667. The lowest BCUT2D eigenvalue weighted by Crippen LogP contribution is -1.97. The van der Waals surface area contributed by atoms with Crippen molar-refractivity contribution in [1.29, 1.82) is 5.41 Å². The van der Waals surface area contributed by atoms with Crippen LogP contribution in [-0.4, -0.2) is 21.3 Å². The zero-order valence-corrected chi connectivity index (χ0v) is 15.0. The second kappa shape index (κ2) is 6.62. The summed E-state index contributed by atoms with van der Waals surface area (Å²) in [6, 6.07) is 5.08. The molecule has 8 heteroatoms. The molecule has 1 aromatic carbocycles. The first-order valence-corrected chi connectivity index (χ1v) is 9.26. The van der Waals surface area contributed by atoms with Crippen molar-refractivity contribution < 1.29 is 8.78 Å². The fourth-order valence-electron chi connectivity index (χ4n) is 2.07. The Morgan fingerprint density at radius 1 is 1.30 bits per heavy atom. The molecule has 0 spiro atoms. The van der Waals surface area contributed by atoms with Crippen LogP contribution in [0, 0.1) is 17.0 Å². The van der Waals surface area contributed by atoms with Crippen molar-refractivity contribution >= 4 is 55.4 Å². The Balaban J connectivity index is 2.07. The van der Waals surface area contributed by atoms with Crippen molar-refractivity contribution in [2.24, 2.45) is 0 Å². The maximum Gasteiger partial charge on any atom is 0.184 e. The molecule has 3 aromatic rings. The average Bonchev–Trinajstić information content (AvgIpc) is 3.06. The Morgan fingerprint density at radius 2 is 2.09 bits per heavy atom. The lowest BCUT2D eigenvalue weighted by Gasteiger charge is -2.09. The van der Waals surface area contributed by atoms with Gasteiger partial charge >= 0.3 is 0 Å². The van der Waals surface area contributed by atoms with Crippen LogP contribution in [0.3, 0.4) is 0 Å². The van der Waals surface area contributed by atoms with Gasteiger partial charge in [-0.3, -0.25) is 10.4 Å². The number of thioether (sulfide) groups is 1. The molecule has 0 atom stereocenters. The molecular formula is C15H10BrF2N3S2. The van der Waals surface area contributed by atoms with Crippen LogP contribution in [0.1, 0.15) is 5.69 Å². The van der Waals surface area contributed by atoms with Crippen LogP contribution >= 0.6 is 39.5 Å². The van der Waals surface area contributed by atoms with E-state index in [2.05, 4.69) is 25.9 Å². The smallest absolute Gasteiger partial charge is 0.184 e. The molecule has 0 aliphatic rings. The number of fused-ring (bicyclic) bond motifs is 1. The van der Waals surface area contributed by atoms with Crippen molar-refractivity contribution in [3.63, 3.8) is 0 Å². The third-order valence-corrected chi connectivity index (χ3v) is 5.96. The maximum atomic E-state index is 14.4. The van der Waals surface area contributed by atoms with Crippen molar-refractivity contribution in [3.05, 3.63) is 52.4 Å². The van der Waals surface area contributed by atoms with E-state index in [4.69, 9.17) is 5.41 Å². The highest BCUT2D eigenvalue weighted by Gasteiger charge is 2.20. The first-order chi connectivity index (χ1) is 11.0. The molecule has 2 N–H and O–H groups in total. The van der Waals surface area contributed by atoms with Gasteiger partial charge in [-0.1, -0.05) is 11.8 Å². The SMILES string of the molecule is CSC(=N)c1cc(Sc2c(F)c(F)c3[nH]ccc3c2Br)ccn1. The second-order valence-electron chi connectivity index (χ2n) is 4.55. The van der Waals surface area contributed by atoms with Crippen LogP contribution in [-0.2, 0) is 0 Å². The number of hydrogen-bond acceptors (Lipinski definition) is 4. The van der Waals surface area contributed by atoms with Crippen LogP contribution in [0.4, 0.5) is 8.78 Å². The summed E-state index contributed by atoms with van der Waals surface area (Å²) < 4.78 is 29.0. The molecule has 0 saturated carbocycles. The Labute approximate surface area is 147 Å². The van der Waals surface area contributed by atoms with Gasteiger partial charge < -0.3 is 4.98 Å². The monoisotopic (exact) mass is 413 g/mol. The number of H-pyrrole nitrogens is 1. The van der Waals surface area contributed by atoms with Gasteiger partial charge in [0.05, 0.1) is 16.1 Å². The summed E-state index contributed by atoms with van der Waals surface area (Å²) in [5, 5.41) is 8.70. The third-order valence-electron chi connectivity index (χ3n) is 3.18. The fourth-order valence-corrected chi connectivity index (χ4v) is 4.05. The molecule has 0 amide bonds. The summed E-state index contributed by atoms with van der Waals surface area (Å²) in [4.78, 5) is 7.66. The van der Waals surface area contributed by atoms with E-state index in [1.807, 2.05) is 0 Å². The van der Waals surface area contributed by atoms with Gasteiger partial charge in [-0.2, -0.15) is 0 Å². The quantitative estimate of drug-likeness (QED) is 0.341. The maximum absolute atomic E-state index is 14.4. The van der Waals surface area contributed by atoms with Gasteiger partial charge in [0.1, 0.15) is 5.04 Å². The lowest BCUT2D eigenvalue weighted by atomic mass is 10.2. The molecule has 23 heavy (non-hydrogen) atoms. The largest absolute Gasteiger partial charge is 0.359 e. The Morgan fingerprint density at radius 3 is 2.83 bits per heavy atom. The molecule has 0 bridgehead atoms. The highest BCUT2D eigenvalue weighted by atomic mass is 79.9. The van der Waals surface area contributed by atoms with Crippen LogP contribution in [0.2, 0.25) is 0 Å². The number of benzene rings is 1. The van der Waals surface area contributed by atoms with E-state index in [1.54, 1.807) is 36.8 Å². The summed E-state index contributed by atoms with van der Waals surface area (Å²) in [5.74, 6) is -1.81. The number of rotatable bonds is 3. The summed E-state index contributed by atoms with van der Waals surface area (Å²) in [6.45, 7) is 0. The molecule has 0 saturated heterocycles. The van der Waals surface area contributed by atoms with E-state index < -0.39 is 11.6 Å². The Bertz CT molecular complexity index is 911. The van der Waals surface area contributed by atoms with E-state index in [0.29, 0.717) is 25.5 Å². The predicted molar refractivity (Wildman–Crippen MR) is 94.6 cm³/mol. The van der Waals surface area contributed by atoms with Crippen LogP contribution in [0.25, 0.3) is 10.9 Å². The number of aromatic nitrogens is 2. The zero-order valence-electron chi connectivity index (χ0n) is 11.8. The minimum atomic E-state index is -0.907. The first kappa shape index (κ1) is 16.5. The summed E-state index contributed by atoms with van der Waals surface area (Å²) >= 11 is 5.72. The molecule has 3 nitrogen and oxygen atoms in total. The highest BCUT2D eigenvalue weighted by molar-refractivity contribution is 9.10. The van der Waals surface area contributed by atoms with Gasteiger partial charge in [-0.25, -0.2) is 8.78 Å². The second-order valence-corrected chi connectivity index (χ2v) is 7.24. The van der Waals surface area contributed by atoms with Crippen molar-refractivity contribution in [2.45, 2.75) is 9.79 Å². The first-order valence-electron chi connectivity index (χ1n) is 6.43. The van der Waals surface area contributed by atoms with Crippen molar-refractivity contribution in [3.8, 4) is 0 Å². The van der Waals surface area contributed by atoms with Gasteiger partial charge in [0.15, 0.2) is 11.6 Å². The van der Waals surface area contributed by atoms with Gasteiger partial charge in [-0.05, 0) is 40.4 Å². The van der Waals surface area contributed by atoms with E-state index in [9.17, 15) is 8.78 Å². The molecule has 0 aliphatic heterocycles. The number of halogens is 3. The molecule has 2 heterocycles. The number of aromatic amines is 1. The highest BCUT2D eigenvalue weighted by Crippen LogP contribution is 2.41. The van der Waals surface area contributed by atoms with Crippen molar-refractivity contribution in [1.82, 2.24) is 9.97 Å². The van der Waals surface area contributed by atoms with Crippen LogP contribution < -0.4 is 0 Å². The minimum Gasteiger partial charge on any atom is -0.359 e. The normalized spacial score (nSPS) is 11.1. The number of nitrogens with zero attached hydrogens (tertiary/aromatic N) is 1. The number of nitrogens with one attached hydrogen (secondary N) is 2. The molecule has 3 rings (SSSR count). The summed E-state index contributed by atoms with van der Waals surface area (Å²) in [7, 11) is 0. The number of hydrogen-bond donors (Lipinski definition) is 2. The van der Waals surface area contributed by atoms with Gasteiger partial charge in [0.25, 0.3) is 0 Å². The standard InChI is InChI=1S/C15H10BrF2N3S2/c1-22-15(19)9-6-7(2-4-20-9)23-14-10(16)8-3-5-21-13(8)11(17)12(14)18/h2-6,19,21H,1H3. The van der Waals surface area contributed by atoms with Crippen LogP contribution in [0.5, 0.6) is 0 Å². The summed E-state index contributed by atoms with van der Waals surface area (Å²) in [5.41, 5.74) is 0.639.